The Morgan fingerprint density at radius 1 is 0.812 bits per heavy atom. The molecule has 6 atom stereocenters. The van der Waals surface area contributed by atoms with Gasteiger partial charge in [0.25, 0.3) is 0 Å². The zero-order chi connectivity index (χ0) is 24.2. The molecule has 0 aliphatic carbocycles. The van der Waals surface area contributed by atoms with E-state index in [0.29, 0.717) is 0 Å². The smallest absolute Gasteiger partial charge is 0.547 e. The molecule has 0 saturated carbocycles. The van der Waals surface area contributed by atoms with Gasteiger partial charge in [-0.3, -0.25) is 0 Å². The first-order chi connectivity index (χ1) is 13.8. The van der Waals surface area contributed by atoms with Crippen LogP contribution in [0.25, 0.3) is 0 Å². The number of ether oxygens (including phenoxy) is 1. The molecule has 0 fully saturated rings. The van der Waals surface area contributed by atoms with E-state index < -0.39 is 85.9 Å². The maximum atomic E-state index is 10.5. The van der Waals surface area contributed by atoms with Gasteiger partial charge in [0.05, 0.1) is 31.8 Å². The van der Waals surface area contributed by atoms with Crippen LogP contribution in [0.5, 0.6) is 0 Å². The van der Waals surface area contributed by atoms with Gasteiger partial charge in [-0.15, -0.1) is 0 Å². The molecule has 10 N–H and O–H groups in total. The van der Waals surface area contributed by atoms with E-state index in [4.69, 9.17) is 51.1 Å². The summed E-state index contributed by atoms with van der Waals surface area (Å²) >= 11 is 0. The van der Waals surface area contributed by atoms with Crippen molar-refractivity contribution in [1.82, 2.24) is 0 Å². The van der Waals surface area contributed by atoms with E-state index in [1.807, 2.05) is 0 Å². The first-order valence-corrected chi connectivity index (χ1v) is 7.74. The number of carbonyl (C=O) groups excluding carboxylic acids is 3. The van der Waals surface area contributed by atoms with Gasteiger partial charge in [0.1, 0.15) is 30.5 Å². The first kappa shape index (κ1) is 39.2. The molecule has 18 heteroatoms. The molecule has 1 aliphatic heterocycles. The minimum Gasteiger partial charge on any atom is -0.547 e. The van der Waals surface area contributed by atoms with Gasteiger partial charge in [-0.05, 0) is 0 Å². The number of hydrogen-bond acceptors (Lipinski definition) is 16. The number of carbonyl (C=O) groups is 3. The number of carboxylic acid groups (broad SMARTS) is 2. The maximum absolute atomic E-state index is 10.5. The standard InChI is InChI=1S/C6H8O6.2C4H8O5.2Ca/c7-1-2(8)5-3(9)4(10)6(11)12-5;2*5-1-2(6)3(7)4(8)9;;/h2,5,7-10H,1H2;2*2-3,5-7H,1H2,(H,8,9);;/q;;;2*+2/p-2/t2-,5+;2*2-,3+;;/m000../s1. The second-order valence-corrected chi connectivity index (χ2v) is 5.34. The summed E-state index contributed by atoms with van der Waals surface area (Å²) in [5, 5.41) is 104. The minimum atomic E-state index is -2.00. The molecule has 0 bridgehead atoms. The van der Waals surface area contributed by atoms with Crippen molar-refractivity contribution in [2.24, 2.45) is 0 Å². The Balaban J connectivity index is -0.000000181. The average Bonchev–Trinajstić information content (AvgIpc) is 2.98. The third kappa shape index (κ3) is 14.3. The summed E-state index contributed by atoms with van der Waals surface area (Å²) in [6.07, 6.45) is -10.1. The van der Waals surface area contributed by atoms with Crippen LogP contribution in [0.1, 0.15) is 0 Å². The Morgan fingerprint density at radius 2 is 1.16 bits per heavy atom. The molecule has 0 aromatic heterocycles. The van der Waals surface area contributed by atoms with Crippen LogP contribution in [0.2, 0.25) is 0 Å². The number of carboxylic acids is 2. The fourth-order valence-corrected chi connectivity index (χ4v) is 1.34. The van der Waals surface area contributed by atoms with Gasteiger partial charge in [0.15, 0.2) is 11.9 Å². The predicted octanol–water partition coefficient (Wildman–Crippen LogP) is -9.27. The second-order valence-electron chi connectivity index (χ2n) is 5.34. The number of hydrogen-bond donors (Lipinski definition) is 10. The van der Waals surface area contributed by atoms with E-state index in [1.165, 1.54) is 0 Å². The van der Waals surface area contributed by atoms with Crippen molar-refractivity contribution in [3.8, 4) is 0 Å². The molecular formula is C14H22Ca2O16+2. The van der Waals surface area contributed by atoms with Crippen LogP contribution < -0.4 is 10.2 Å². The molecule has 0 aromatic carbocycles. The summed E-state index contributed by atoms with van der Waals surface area (Å²) in [7, 11) is 0. The maximum Gasteiger partial charge on any atom is 2.00 e. The Bertz CT molecular complexity index is 573. The summed E-state index contributed by atoms with van der Waals surface area (Å²) < 4.78 is 4.32. The normalized spacial score (nSPS) is 19.1. The summed E-state index contributed by atoms with van der Waals surface area (Å²) in [6.45, 7) is -2.26. The summed E-state index contributed by atoms with van der Waals surface area (Å²) in [4.78, 5) is 29.9. The van der Waals surface area contributed by atoms with Crippen molar-refractivity contribution in [3.63, 3.8) is 0 Å². The Morgan fingerprint density at radius 3 is 1.31 bits per heavy atom. The van der Waals surface area contributed by atoms with E-state index in [0.717, 1.165) is 0 Å². The molecule has 0 aromatic rings. The number of aliphatic hydroxyl groups excluding tert-OH is 10. The topological polar surface area (TPSA) is 309 Å². The van der Waals surface area contributed by atoms with Crippen molar-refractivity contribution in [1.29, 1.82) is 0 Å². The van der Waals surface area contributed by atoms with Crippen LogP contribution in [-0.2, 0) is 19.1 Å². The quantitative estimate of drug-likeness (QED) is 0.104. The Labute approximate surface area is 239 Å². The Hall–Kier alpha value is -0.0505. The number of esters is 1. The van der Waals surface area contributed by atoms with Gasteiger partial charge in [-0.1, -0.05) is 0 Å². The van der Waals surface area contributed by atoms with Gasteiger partial charge in [0, 0.05) is 0 Å². The zero-order valence-electron chi connectivity index (χ0n) is 16.4. The van der Waals surface area contributed by atoms with Gasteiger partial charge in [0.2, 0.25) is 5.76 Å². The van der Waals surface area contributed by atoms with Crippen molar-refractivity contribution in [3.05, 3.63) is 11.5 Å². The van der Waals surface area contributed by atoms with E-state index in [1.54, 1.807) is 0 Å². The van der Waals surface area contributed by atoms with Gasteiger partial charge < -0.3 is 75.6 Å². The Kier molecular flexibility index (Phi) is 24.9. The molecule has 0 unspecified atom stereocenters. The van der Waals surface area contributed by atoms with Crippen molar-refractivity contribution < 1.29 is 80.4 Å². The summed E-state index contributed by atoms with van der Waals surface area (Å²) in [5.74, 6) is -6.37. The molecule has 32 heavy (non-hydrogen) atoms. The molecule has 176 valence electrons. The van der Waals surface area contributed by atoms with Crippen LogP contribution in [0.3, 0.4) is 0 Å². The van der Waals surface area contributed by atoms with Crippen LogP contribution in [0.15, 0.2) is 11.5 Å². The predicted molar refractivity (Wildman–Crippen MR) is 95.0 cm³/mol. The molecule has 1 aliphatic rings. The monoisotopic (exact) mass is 526 g/mol. The molecule has 0 spiro atoms. The third-order valence-electron chi connectivity index (χ3n) is 3.06. The van der Waals surface area contributed by atoms with E-state index in [9.17, 15) is 24.6 Å². The first-order valence-electron chi connectivity index (χ1n) is 7.74. The molecule has 0 saturated heterocycles. The molecular weight excluding hydrogens is 504 g/mol. The molecule has 1 heterocycles. The second kappa shape index (κ2) is 20.3. The fourth-order valence-electron chi connectivity index (χ4n) is 1.34. The van der Waals surface area contributed by atoms with Crippen LogP contribution in [0.4, 0.5) is 0 Å². The average molecular weight is 526 g/mol. The van der Waals surface area contributed by atoms with Crippen molar-refractivity contribution in [2.75, 3.05) is 19.8 Å². The van der Waals surface area contributed by atoms with Crippen LogP contribution in [-0.4, -0.2) is 201 Å². The van der Waals surface area contributed by atoms with Crippen molar-refractivity contribution in [2.45, 2.75) is 36.6 Å². The number of aliphatic hydroxyl groups is 10. The minimum absolute atomic E-state index is 0. The summed E-state index contributed by atoms with van der Waals surface area (Å²) in [5.41, 5.74) is 0. The zero-order valence-corrected chi connectivity index (χ0v) is 20.8. The van der Waals surface area contributed by atoms with Gasteiger partial charge in [-0.25, -0.2) is 4.79 Å². The van der Waals surface area contributed by atoms with E-state index in [-0.39, 0.29) is 75.5 Å². The SMILES string of the molecule is O=C([O-])[C@H](O)[C@@H](O)CO.O=C([O-])[C@H](O)[C@@H](O)CO.O=C1O[C@H]([C@@H](O)CO)C(O)=C1O.[Ca+2].[Ca+2]. The number of aliphatic carboxylic acids is 2. The largest absolute Gasteiger partial charge is 2.00 e. The number of cyclic esters (lactones) is 1. The van der Waals surface area contributed by atoms with E-state index >= 15 is 0 Å². The van der Waals surface area contributed by atoms with Gasteiger partial charge >= 0.3 is 81.4 Å². The fraction of sp³-hybridized carbons (Fsp3) is 0.643. The number of rotatable bonds is 8. The van der Waals surface area contributed by atoms with Crippen molar-refractivity contribution >= 4 is 93.4 Å². The third-order valence-corrected chi connectivity index (χ3v) is 3.06. The van der Waals surface area contributed by atoms with Crippen LogP contribution in [0, 0.1) is 0 Å². The molecule has 0 radical (unpaired) electrons. The van der Waals surface area contributed by atoms with Gasteiger partial charge in [-0.2, -0.15) is 0 Å². The van der Waals surface area contributed by atoms with Crippen LogP contribution >= 0.6 is 0 Å². The molecule has 16 nitrogen and oxygen atoms in total. The molecule has 1 rings (SSSR count). The molecule has 0 amide bonds. The van der Waals surface area contributed by atoms with E-state index in [2.05, 4.69) is 4.74 Å². The summed E-state index contributed by atoms with van der Waals surface area (Å²) in [6, 6.07) is 0.